The van der Waals surface area contributed by atoms with Gasteiger partial charge in [-0.1, -0.05) is 18.2 Å². The lowest BCUT2D eigenvalue weighted by atomic mass is 10.0. The molecule has 0 bridgehead atoms. The molecule has 0 radical (unpaired) electrons. The Kier molecular flexibility index (Phi) is 3.30. The average molecular weight is 294 g/mol. The zero-order valence-corrected chi connectivity index (χ0v) is 12.2. The van der Waals surface area contributed by atoms with Crippen LogP contribution in [0.2, 0.25) is 0 Å². The number of hydrogen-bond acceptors (Lipinski definition) is 3. The van der Waals surface area contributed by atoms with Gasteiger partial charge < -0.3 is 4.90 Å². The number of fused-ring (bicyclic) bond motifs is 1. The fraction of sp³-hybridized carbons (Fsp3) is 0.500. The lowest BCUT2D eigenvalue weighted by molar-refractivity contribution is -0.120. The molecular formula is C14H18N2O3S. The van der Waals surface area contributed by atoms with Gasteiger partial charge in [0.25, 0.3) is 0 Å². The molecule has 0 spiro atoms. The fourth-order valence-corrected chi connectivity index (χ4v) is 4.24. The van der Waals surface area contributed by atoms with Crippen molar-refractivity contribution in [3.63, 3.8) is 0 Å². The Balaban J connectivity index is 1.78. The van der Waals surface area contributed by atoms with Gasteiger partial charge >= 0.3 is 0 Å². The van der Waals surface area contributed by atoms with E-state index in [-0.39, 0.29) is 23.5 Å². The number of rotatable bonds is 3. The van der Waals surface area contributed by atoms with E-state index in [1.165, 1.54) is 4.31 Å². The van der Waals surface area contributed by atoms with Crippen molar-refractivity contribution in [2.24, 2.45) is 11.8 Å². The van der Waals surface area contributed by atoms with Gasteiger partial charge in [0.05, 0.1) is 11.7 Å². The molecule has 0 aromatic heterocycles. The Bertz CT molecular complexity index is 615. The molecule has 1 amide bonds. The van der Waals surface area contributed by atoms with E-state index in [0.717, 1.165) is 5.69 Å². The molecule has 20 heavy (non-hydrogen) atoms. The smallest absolute Gasteiger partial charge is 0.231 e. The van der Waals surface area contributed by atoms with Crippen LogP contribution in [0.3, 0.4) is 0 Å². The maximum absolute atomic E-state index is 12.5. The number of carbonyl (C=O) groups excluding carboxylic acids is 1. The number of hydrogen-bond donors (Lipinski definition) is 0. The van der Waals surface area contributed by atoms with Crippen LogP contribution in [-0.2, 0) is 14.8 Å². The largest absolute Gasteiger partial charge is 0.312 e. The van der Waals surface area contributed by atoms with Crippen molar-refractivity contribution in [1.82, 2.24) is 4.31 Å². The van der Waals surface area contributed by atoms with Crippen LogP contribution in [0.25, 0.3) is 0 Å². The van der Waals surface area contributed by atoms with Crippen LogP contribution < -0.4 is 4.90 Å². The lowest BCUT2D eigenvalue weighted by Crippen LogP contribution is -2.36. The van der Waals surface area contributed by atoms with Gasteiger partial charge in [0.2, 0.25) is 15.9 Å². The molecule has 2 saturated heterocycles. The molecule has 2 fully saturated rings. The zero-order chi connectivity index (χ0) is 14.3. The molecule has 0 N–H and O–H groups in total. The maximum Gasteiger partial charge on any atom is 0.231 e. The first-order chi connectivity index (χ1) is 9.53. The first-order valence-corrected chi connectivity index (χ1v) is 8.48. The number of carbonyl (C=O) groups is 1. The van der Waals surface area contributed by atoms with Crippen LogP contribution in [0.1, 0.15) is 6.92 Å². The van der Waals surface area contributed by atoms with Crippen molar-refractivity contribution in [3.8, 4) is 0 Å². The normalized spacial score (nSPS) is 27.1. The summed E-state index contributed by atoms with van der Waals surface area (Å²) in [5, 5.41) is 0. The molecule has 108 valence electrons. The van der Waals surface area contributed by atoms with E-state index in [0.29, 0.717) is 19.6 Å². The van der Waals surface area contributed by atoms with Crippen LogP contribution >= 0.6 is 0 Å². The molecule has 0 saturated carbocycles. The summed E-state index contributed by atoms with van der Waals surface area (Å²) in [5.74, 6) is 0.0822. The van der Waals surface area contributed by atoms with E-state index in [2.05, 4.69) is 0 Å². The summed E-state index contributed by atoms with van der Waals surface area (Å²) in [7, 11) is -3.18. The molecule has 0 unspecified atom stereocenters. The fourth-order valence-electron chi connectivity index (χ4n) is 3.07. The van der Waals surface area contributed by atoms with Crippen molar-refractivity contribution in [2.45, 2.75) is 6.92 Å². The van der Waals surface area contributed by atoms with E-state index in [4.69, 9.17) is 0 Å². The first-order valence-electron chi connectivity index (χ1n) is 6.87. The van der Waals surface area contributed by atoms with Crippen LogP contribution in [0, 0.1) is 11.8 Å². The minimum absolute atomic E-state index is 0.0509. The van der Waals surface area contributed by atoms with Crippen molar-refractivity contribution in [3.05, 3.63) is 30.3 Å². The van der Waals surface area contributed by atoms with Crippen LogP contribution in [0.4, 0.5) is 5.69 Å². The molecule has 1 aromatic carbocycles. The van der Waals surface area contributed by atoms with Crippen molar-refractivity contribution in [1.29, 1.82) is 0 Å². The van der Waals surface area contributed by atoms with Crippen LogP contribution in [0.15, 0.2) is 30.3 Å². The minimum atomic E-state index is -3.18. The maximum atomic E-state index is 12.5. The quantitative estimate of drug-likeness (QED) is 0.833. The second-order valence-corrected chi connectivity index (χ2v) is 7.63. The van der Waals surface area contributed by atoms with Gasteiger partial charge in [-0.05, 0) is 19.1 Å². The zero-order valence-electron chi connectivity index (χ0n) is 11.4. The van der Waals surface area contributed by atoms with Gasteiger partial charge in [-0.2, -0.15) is 0 Å². The lowest BCUT2D eigenvalue weighted by Gasteiger charge is -2.21. The van der Waals surface area contributed by atoms with Gasteiger partial charge in [-0.15, -0.1) is 0 Å². The third kappa shape index (κ3) is 2.13. The third-order valence-electron chi connectivity index (χ3n) is 4.23. The number of anilines is 1. The summed E-state index contributed by atoms with van der Waals surface area (Å²) in [6, 6.07) is 9.56. The van der Waals surface area contributed by atoms with Gasteiger partial charge in [0.1, 0.15) is 0 Å². The Morgan fingerprint density at radius 3 is 2.45 bits per heavy atom. The monoisotopic (exact) mass is 294 g/mol. The Labute approximate surface area is 119 Å². The standard InChI is InChI=1S/C14H18N2O3S/c1-2-20(18,19)15-8-11-9-16(14(17)13(11)10-15)12-6-4-3-5-7-12/h3-7,11,13H,2,8-10H2,1H3/t11-,13-/m0/s1. The molecule has 6 heteroatoms. The molecule has 2 aliphatic rings. The molecule has 3 rings (SSSR count). The Morgan fingerprint density at radius 2 is 1.85 bits per heavy atom. The van der Waals surface area contributed by atoms with E-state index < -0.39 is 10.0 Å². The molecule has 5 nitrogen and oxygen atoms in total. The number of benzene rings is 1. The highest BCUT2D eigenvalue weighted by Crippen LogP contribution is 2.36. The SMILES string of the molecule is CCS(=O)(=O)N1C[C@H]2CN(c3ccccc3)C(=O)[C@H]2C1. The first kappa shape index (κ1) is 13.6. The summed E-state index contributed by atoms with van der Waals surface area (Å²) in [4.78, 5) is 14.2. The summed E-state index contributed by atoms with van der Waals surface area (Å²) in [6.45, 7) is 3.06. The van der Waals surface area contributed by atoms with E-state index in [9.17, 15) is 13.2 Å². The Hall–Kier alpha value is -1.40. The van der Waals surface area contributed by atoms with Gasteiger partial charge in [0, 0.05) is 31.2 Å². The van der Waals surface area contributed by atoms with Crippen LogP contribution in [-0.4, -0.2) is 44.0 Å². The van der Waals surface area contributed by atoms with E-state index in [1.54, 1.807) is 11.8 Å². The highest BCUT2D eigenvalue weighted by molar-refractivity contribution is 7.89. The topological polar surface area (TPSA) is 57.7 Å². The third-order valence-corrected chi connectivity index (χ3v) is 6.05. The average Bonchev–Trinajstić information content (AvgIpc) is 3.00. The van der Waals surface area contributed by atoms with Gasteiger partial charge in [-0.25, -0.2) is 12.7 Å². The molecular weight excluding hydrogens is 276 g/mol. The number of nitrogens with zero attached hydrogens (tertiary/aromatic N) is 2. The predicted molar refractivity (Wildman–Crippen MR) is 76.8 cm³/mol. The van der Waals surface area contributed by atoms with Crippen molar-refractivity contribution < 1.29 is 13.2 Å². The summed E-state index contributed by atoms with van der Waals surface area (Å²) in [5.41, 5.74) is 0.900. The molecule has 2 atom stereocenters. The predicted octanol–water partition coefficient (Wildman–Crippen LogP) is 0.931. The number of amides is 1. The molecule has 0 aliphatic carbocycles. The summed E-state index contributed by atoms with van der Waals surface area (Å²) in [6.07, 6.45) is 0. The van der Waals surface area contributed by atoms with Gasteiger partial charge in [0.15, 0.2) is 0 Å². The molecule has 2 heterocycles. The molecule has 2 aliphatic heterocycles. The minimum Gasteiger partial charge on any atom is -0.312 e. The summed E-state index contributed by atoms with van der Waals surface area (Å²) < 4.78 is 25.3. The highest BCUT2D eigenvalue weighted by Gasteiger charge is 2.48. The Morgan fingerprint density at radius 1 is 1.15 bits per heavy atom. The second-order valence-electron chi connectivity index (χ2n) is 5.37. The second kappa shape index (κ2) is 4.86. The molecule has 1 aromatic rings. The van der Waals surface area contributed by atoms with Crippen molar-refractivity contribution in [2.75, 3.05) is 30.3 Å². The van der Waals surface area contributed by atoms with E-state index >= 15 is 0 Å². The van der Waals surface area contributed by atoms with Crippen LogP contribution in [0.5, 0.6) is 0 Å². The van der Waals surface area contributed by atoms with Crippen molar-refractivity contribution >= 4 is 21.6 Å². The van der Waals surface area contributed by atoms with E-state index in [1.807, 2.05) is 30.3 Å². The number of sulfonamides is 1. The number of para-hydroxylation sites is 1. The van der Waals surface area contributed by atoms with Gasteiger partial charge in [-0.3, -0.25) is 4.79 Å². The summed E-state index contributed by atoms with van der Waals surface area (Å²) >= 11 is 0. The highest BCUT2D eigenvalue weighted by atomic mass is 32.2.